The van der Waals surface area contributed by atoms with E-state index in [1.807, 2.05) is 13.8 Å². The molecule has 8 heteroatoms. The van der Waals surface area contributed by atoms with Crippen molar-refractivity contribution in [2.45, 2.75) is 37.9 Å². The molecule has 0 aliphatic carbocycles. The van der Waals surface area contributed by atoms with Crippen LogP contribution in [-0.4, -0.2) is 49.7 Å². The Balaban J connectivity index is 1.72. The van der Waals surface area contributed by atoms with Crippen molar-refractivity contribution in [2.24, 2.45) is 0 Å². The van der Waals surface area contributed by atoms with Gasteiger partial charge in [-0.15, -0.1) is 0 Å². The molecule has 1 N–H and O–H groups in total. The van der Waals surface area contributed by atoms with Crippen molar-refractivity contribution in [2.75, 3.05) is 18.4 Å². The number of amides is 1. The zero-order chi connectivity index (χ0) is 21.2. The van der Waals surface area contributed by atoms with Crippen LogP contribution in [0.2, 0.25) is 0 Å². The lowest BCUT2D eigenvalue weighted by Gasteiger charge is -2.34. The molecule has 154 valence electrons. The van der Waals surface area contributed by atoms with Crippen LogP contribution in [0.1, 0.15) is 41.5 Å². The molecule has 29 heavy (non-hydrogen) atoms. The van der Waals surface area contributed by atoms with Gasteiger partial charge in [-0.05, 0) is 69.3 Å². The molecule has 2 atom stereocenters. The molecule has 7 nitrogen and oxygen atoms in total. The molecular formula is C21H24N2O5S. The number of rotatable bonds is 5. The molecule has 1 amide bonds. The Morgan fingerprint density at radius 1 is 0.931 bits per heavy atom. The smallest absolute Gasteiger partial charge is 0.255 e. The fraction of sp³-hybridized carbons (Fsp3) is 0.333. The summed E-state index contributed by atoms with van der Waals surface area (Å²) in [5, 5.41) is 2.73. The van der Waals surface area contributed by atoms with E-state index in [1.54, 1.807) is 24.3 Å². The molecule has 0 bridgehead atoms. The summed E-state index contributed by atoms with van der Waals surface area (Å²) in [7, 11) is -3.65. The van der Waals surface area contributed by atoms with E-state index in [1.165, 1.54) is 35.5 Å². The van der Waals surface area contributed by atoms with Crippen LogP contribution >= 0.6 is 0 Å². The standard InChI is InChI=1S/C21H24N2O5S/c1-14-12-23(13-15(2)28-14)29(26,27)20-10-6-18(7-11-20)21(25)22-19-8-4-17(5-9-19)16(3)24/h4-11,14-15H,12-13H2,1-3H3,(H,22,25)/t14-,15+. The number of nitrogens with one attached hydrogen (secondary N) is 1. The third-order valence-corrected chi connectivity index (χ3v) is 6.54. The average Bonchev–Trinajstić information content (AvgIpc) is 2.67. The predicted octanol–water partition coefficient (Wildman–Crippen LogP) is 2.94. The van der Waals surface area contributed by atoms with Gasteiger partial charge in [0.05, 0.1) is 17.1 Å². The number of anilines is 1. The summed E-state index contributed by atoms with van der Waals surface area (Å²) < 4.78 is 32.8. The lowest BCUT2D eigenvalue weighted by atomic mass is 10.1. The highest BCUT2D eigenvalue weighted by Crippen LogP contribution is 2.22. The fourth-order valence-corrected chi connectivity index (χ4v) is 4.84. The molecule has 0 radical (unpaired) electrons. The highest BCUT2D eigenvalue weighted by molar-refractivity contribution is 7.89. The number of sulfonamides is 1. The summed E-state index contributed by atoms with van der Waals surface area (Å²) >= 11 is 0. The van der Waals surface area contributed by atoms with E-state index in [0.717, 1.165) is 0 Å². The minimum absolute atomic E-state index is 0.0521. The van der Waals surface area contributed by atoms with Crippen LogP contribution in [0.25, 0.3) is 0 Å². The number of ether oxygens (including phenoxy) is 1. The van der Waals surface area contributed by atoms with Crippen molar-refractivity contribution in [1.29, 1.82) is 0 Å². The SMILES string of the molecule is CC(=O)c1ccc(NC(=O)c2ccc(S(=O)(=O)N3C[C@@H](C)O[C@@H](C)C3)cc2)cc1. The third kappa shape index (κ3) is 4.90. The van der Waals surface area contributed by atoms with Crippen LogP contribution in [0.3, 0.4) is 0 Å². The molecule has 2 aromatic carbocycles. The first-order chi connectivity index (χ1) is 13.7. The normalized spacial score (nSPS) is 20.2. The Morgan fingerprint density at radius 3 is 1.97 bits per heavy atom. The Labute approximate surface area is 170 Å². The molecule has 1 heterocycles. The van der Waals surface area contributed by atoms with Gasteiger partial charge in [0, 0.05) is 29.9 Å². The van der Waals surface area contributed by atoms with Gasteiger partial charge >= 0.3 is 0 Å². The highest BCUT2D eigenvalue weighted by atomic mass is 32.2. The second-order valence-corrected chi connectivity index (χ2v) is 9.13. The minimum atomic E-state index is -3.65. The quantitative estimate of drug-likeness (QED) is 0.757. The van der Waals surface area contributed by atoms with E-state index < -0.39 is 10.0 Å². The zero-order valence-electron chi connectivity index (χ0n) is 16.6. The number of benzene rings is 2. The summed E-state index contributed by atoms with van der Waals surface area (Å²) in [6, 6.07) is 12.4. The molecule has 1 saturated heterocycles. The second-order valence-electron chi connectivity index (χ2n) is 7.19. The number of Topliss-reactive ketones (excluding diaryl/α,β-unsaturated/α-hetero) is 1. The van der Waals surface area contributed by atoms with Crippen LogP contribution in [0, 0.1) is 0 Å². The van der Waals surface area contributed by atoms with E-state index in [9.17, 15) is 18.0 Å². The van der Waals surface area contributed by atoms with Gasteiger partial charge in [-0.25, -0.2) is 8.42 Å². The fourth-order valence-electron chi connectivity index (χ4n) is 3.25. The van der Waals surface area contributed by atoms with Gasteiger partial charge in [-0.2, -0.15) is 4.31 Å². The number of carbonyl (C=O) groups is 2. The van der Waals surface area contributed by atoms with Crippen molar-refractivity contribution in [3.05, 3.63) is 59.7 Å². The van der Waals surface area contributed by atoms with Crippen LogP contribution in [0.4, 0.5) is 5.69 Å². The van der Waals surface area contributed by atoms with E-state index in [-0.39, 0.29) is 28.8 Å². The van der Waals surface area contributed by atoms with E-state index in [0.29, 0.717) is 29.9 Å². The molecule has 2 aromatic rings. The van der Waals surface area contributed by atoms with Gasteiger partial charge in [0.15, 0.2) is 5.78 Å². The maximum Gasteiger partial charge on any atom is 0.255 e. The maximum absolute atomic E-state index is 12.9. The molecule has 0 spiro atoms. The Kier molecular flexibility index (Phi) is 6.16. The second kappa shape index (κ2) is 8.44. The van der Waals surface area contributed by atoms with Gasteiger partial charge in [-0.1, -0.05) is 0 Å². The molecule has 3 rings (SSSR count). The predicted molar refractivity (Wildman–Crippen MR) is 110 cm³/mol. The number of carbonyl (C=O) groups excluding carboxylic acids is 2. The van der Waals surface area contributed by atoms with Crippen molar-refractivity contribution in [1.82, 2.24) is 4.31 Å². The maximum atomic E-state index is 12.9. The lowest BCUT2D eigenvalue weighted by Crippen LogP contribution is -2.48. The minimum Gasteiger partial charge on any atom is -0.373 e. The van der Waals surface area contributed by atoms with Crippen molar-refractivity contribution >= 4 is 27.4 Å². The Morgan fingerprint density at radius 2 is 1.45 bits per heavy atom. The molecule has 1 aliphatic heterocycles. The summed E-state index contributed by atoms with van der Waals surface area (Å²) in [6.07, 6.45) is -0.346. The van der Waals surface area contributed by atoms with Crippen LogP contribution < -0.4 is 5.32 Å². The first-order valence-electron chi connectivity index (χ1n) is 9.35. The molecule has 0 aromatic heterocycles. The van der Waals surface area contributed by atoms with Gasteiger partial charge in [-0.3, -0.25) is 9.59 Å². The number of ketones is 1. The summed E-state index contributed by atoms with van der Waals surface area (Å²) in [6.45, 7) is 5.75. The van der Waals surface area contributed by atoms with E-state index in [4.69, 9.17) is 4.74 Å². The molecule has 0 saturated carbocycles. The van der Waals surface area contributed by atoms with Crippen LogP contribution in [0.15, 0.2) is 53.4 Å². The number of hydrogen-bond acceptors (Lipinski definition) is 5. The summed E-state index contributed by atoms with van der Waals surface area (Å²) in [5.74, 6) is -0.415. The number of nitrogens with zero attached hydrogens (tertiary/aromatic N) is 1. The van der Waals surface area contributed by atoms with Crippen molar-refractivity contribution in [3.63, 3.8) is 0 Å². The number of morpholine rings is 1. The molecule has 1 fully saturated rings. The monoisotopic (exact) mass is 416 g/mol. The average molecular weight is 416 g/mol. The van der Waals surface area contributed by atoms with E-state index >= 15 is 0 Å². The molecule has 1 aliphatic rings. The Bertz CT molecular complexity index is 990. The third-order valence-electron chi connectivity index (χ3n) is 4.69. The topological polar surface area (TPSA) is 92.8 Å². The largest absolute Gasteiger partial charge is 0.373 e. The lowest BCUT2D eigenvalue weighted by molar-refractivity contribution is -0.0440. The van der Waals surface area contributed by atoms with Gasteiger partial charge < -0.3 is 10.1 Å². The van der Waals surface area contributed by atoms with Gasteiger partial charge in [0.1, 0.15) is 0 Å². The zero-order valence-corrected chi connectivity index (χ0v) is 17.4. The first kappa shape index (κ1) is 21.2. The van der Waals surface area contributed by atoms with Gasteiger partial charge in [0.25, 0.3) is 5.91 Å². The van der Waals surface area contributed by atoms with Crippen LogP contribution in [-0.2, 0) is 14.8 Å². The first-order valence-corrected chi connectivity index (χ1v) is 10.8. The van der Waals surface area contributed by atoms with Crippen molar-refractivity contribution in [3.8, 4) is 0 Å². The molecular weight excluding hydrogens is 392 g/mol. The summed E-state index contributed by atoms with van der Waals surface area (Å²) in [4.78, 5) is 23.9. The highest BCUT2D eigenvalue weighted by Gasteiger charge is 2.32. The van der Waals surface area contributed by atoms with Crippen molar-refractivity contribution < 1.29 is 22.7 Å². The van der Waals surface area contributed by atoms with E-state index in [2.05, 4.69) is 5.32 Å². The summed E-state index contributed by atoms with van der Waals surface area (Å²) in [5.41, 5.74) is 1.45. The molecule has 0 unspecified atom stereocenters. The number of hydrogen-bond donors (Lipinski definition) is 1. The Hall–Kier alpha value is -2.55. The van der Waals surface area contributed by atoms with Crippen LogP contribution in [0.5, 0.6) is 0 Å². The van der Waals surface area contributed by atoms with Gasteiger partial charge in [0.2, 0.25) is 10.0 Å².